The molecular formula is C15H22ClN3O. The molecular weight excluding hydrogens is 274 g/mol. The van der Waals surface area contributed by atoms with E-state index in [1.54, 1.807) is 0 Å². The number of fused-ring (bicyclic) bond motifs is 1. The van der Waals surface area contributed by atoms with E-state index < -0.39 is 0 Å². The number of aromatic nitrogens is 2. The summed E-state index contributed by atoms with van der Waals surface area (Å²) in [6, 6.07) is 6.16. The lowest BCUT2D eigenvalue weighted by molar-refractivity contribution is 0.111. The van der Waals surface area contributed by atoms with Gasteiger partial charge in [0.05, 0.1) is 30.1 Å². The van der Waals surface area contributed by atoms with Crippen molar-refractivity contribution in [1.29, 1.82) is 0 Å². The van der Waals surface area contributed by atoms with Crippen LogP contribution in [-0.4, -0.2) is 48.3 Å². The smallest absolute Gasteiger partial charge is 0.124 e. The first-order valence-electron chi connectivity index (χ1n) is 6.86. The van der Waals surface area contributed by atoms with Gasteiger partial charge in [-0.3, -0.25) is 0 Å². The summed E-state index contributed by atoms with van der Waals surface area (Å²) in [6.45, 7) is 5.25. The van der Waals surface area contributed by atoms with Crippen LogP contribution in [-0.2, 0) is 17.2 Å². The van der Waals surface area contributed by atoms with Gasteiger partial charge in [0.15, 0.2) is 0 Å². The highest BCUT2D eigenvalue weighted by Crippen LogP contribution is 2.21. The first-order chi connectivity index (χ1) is 9.63. The molecule has 0 bridgehead atoms. The lowest BCUT2D eigenvalue weighted by atomic mass is 10.2. The Bertz CT molecular complexity index is 565. The lowest BCUT2D eigenvalue weighted by Crippen LogP contribution is -2.19. The fraction of sp³-hybridized carbons (Fsp3) is 0.533. The van der Waals surface area contributed by atoms with Crippen LogP contribution in [0.2, 0.25) is 0 Å². The molecule has 0 amide bonds. The summed E-state index contributed by atoms with van der Waals surface area (Å²) in [4.78, 5) is 6.70. The number of nitrogens with zero attached hydrogens (tertiary/aromatic N) is 3. The summed E-state index contributed by atoms with van der Waals surface area (Å²) < 4.78 is 7.85. The zero-order valence-electron chi connectivity index (χ0n) is 12.4. The van der Waals surface area contributed by atoms with Crippen molar-refractivity contribution in [2.24, 2.45) is 0 Å². The first kappa shape index (κ1) is 15.3. The van der Waals surface area contributed by atoms with Gasteiger partial charge < -0.3 is 14.2 Å². The standard InChI is InChI=1S/C15H22ClN3O/c1-12-5-4-6-13-15(12)19(14(11-16)17-13)8-10-20-9-7-18(2)3/h4-6H,7-11H2,1-3H3. The van der Waals surface area contributed by atoms with Crippen molar-refractivity contribution in [1.82, 2.24) is 14.5 Å². The number of alkyl halides is 1. The predicted octanol–water partition coefficient (Wildman–Crippen LogP) is 2.66. The maximum Gasteiger partial charge on any atom is 0.124 e. The van der Waals surface area contributed by atoms with E-state index in [4.69, 9.17) is 16.3 Å². The quantitative estimate of drug-likeness (QED) is 0.581. The highest BCUT2D eigenvalue weighted by atomic mass is 35.5. The number of rotatable bonds is 7. The molecule has 20 heavy (non-hydrogen) atoms. The Hall–Kier alpha value is -1.10. The van der Waals surface area contributed by atoms with Crippen LogP contribution in [0.1, 0.15) is 11.4 Å². The number of benzene rings is 1. The van der Waals surface area contributed by atoms with E-state index in [1.165, 1.54) is 11.1 Å². The number of aryl methyl sites for hydroxylation is 1. The third kappa shape index (κ3) is 3.51. The van der Waals surface area contributed by atoms with Crippen molar-refractivity contribution in [3.63, 3.8) is 0 Å². The van der Waals surface area contributed by atoms with Gasteiger partial charge in [0.1, 0.15) is 5.82 Å². The van der Waals surface area contributed by atoms with Gasteiger partial charge in [0, 0.05) is 13.1 Å². The van der Waals surface area contributed by atoms with Crippen molar-refractivity contribution in [3.8, 4) is 0 Å². The molecule has 0 spiro atoms. The molecule has 0 aliphatic heterocycles. The Morgan fingerprint density at radius 2 is 2.10 bits per heavy atom. The van der Waals surface area contributed by atoms with Crippen molar-refractivity contribution < 1.29 is 4.74 Å². The molecule has 0 aliphatic rings. The number of para-hydroxylation sites is 1. The molecule has 110 valence electrons. The topological polar surface area (TPSA) is 30.3 Å². The Balaban J connectivity index is 2.08. The van der Waals surface area contributed by atoms with Gasteiger partial charge in [-0.2, -0.15) is 0 Å². The van der Waals surface area contributed by atoms with Crippen LogP contribution >= 0.6 is 11.6 Å². The van der Waals surface area contributed by atoms with Crippen LogP contribution in [0.25, 0.3) is 11.0 Å². The van der Waals surface area contributed by atoms with Gasteiger partial charge in [-0.25, -0.2) is 4.98 Å². The molecule has 4 nitrogen and oxygen atoms in total. The van der Waals surface area contributed by atoms with Crippen molar-refractivity contribution >= 4 is 22.6 Å². The lowest BCUT2D eigenvalue weighted by Gasteiger charge is -2.12. The molecule has 0 saturated carbocycles. The highest BCUT2D eigenvalue weighted by molar-refractivity contribution is 6.16. The third-order valence-corrected chi connectivity index (χ3v) is 3.55. The number of hydrogen-bond donors (Lipinski definition) is 0. The van der Waals surface area contributed by atoms with Crippen LogP contribution in [0.15, 0.2) is 18.2 Å². The zero-order valence-corrected chi connectivity index (χ0v) is 13.2. The van der Waals surface area contributed by atoms with Gasteiger partial charge in [0.2, 0.25) is 0 Å². The number of halogens is 1. The molecule has 2 rings (SSSR count). The summed E-state index contributed by atoms with van der Waals surface area (Å²) in [6.07, 6.45) is 0. The second-order valence-corrected chi connectivity index (χ2v) is 5.44. The molecule has 1 aromatic carbocycles. The van der Waals surface area contributed by atoms with Crippen molar-refractivity contribution in [2.45, 2.75) is 19.3 Å². The summed E-state index contributed by atoms with van der Waals surface area (Å²) >= 11 is 6.01. The first-order valence-corrected chi connectivity index (χ1v) is 7.40. The fourth-order valence-electron chi connectivity index (χ4n) is 2.26. The van der Waals surface area contributed by atoms with E-state index in [9.17, 15) is 0 Å². The Labute approximate surface area is 125 Å². The fourth-order valence-corrected chi connectivity index (χ4v) is 2.47. The predicted molar refractivity (Wildman–Crippen MR) is 83.4 cm³/mol. The van der Waals surface area contributed by atoms with E-state index in [0.717, 1.165) is 31.0 Å². The number of imidazole rings is 1. The van der Waals surface area contributed by atoms with Crippen LogP contribution in [0.5, 0.6) is 0 Å². The second kappa shape index (κ2) is 7.07. The van der Waals surface area contributed by atoms with Crippen molar-refractivity contribution in [3.05, 3.63) is 29.6 Å². The van der Waals surface area contributed by atoms with E-state index in [1.807, 2.05) is 26.2 Å². The van der Waals surface area contributed by atoms with E-state index in [0.29, 0.717) is 12.5 Å². The molecule has 0 radical (unpaired) electrons. The average Bonchev–Trinajstić information content (AvgIpc) is 2.77. The minimum absolute atomic E-state index is 0.422. The van der Waals surface area contributed by atoms with Crippen LogP contribution < -0.4 is 0 Å². The maximum atomic E-state index is 6.01. The second-order valence-electron chi connectivity index (χ2n) is 5.17. The zero-order chi connectivity index (χ0) is 14.5. The van der Waals surface area contributed by atoms with Crippen LogP contribution in [0, 0.1) is 6.92 Å². The Morgan fingerprint density at radius 1 is 1.30 bits per heavy atom. The van der Waals surface area contributed by atoms with E-state index >= 15 is 0 Å². The van der Waals surface area contributed by atoms with E-state index in [-0.39, 0.29) is 0 Å². The summed E-state index contributed by atoms with van der Waals surface area (Å²) in [5.41, 5.74) is 3.40. The molecule has 0 N–H and O–H groups in total. The minimum Gasteiger partial charge on any atom is -0.378 e. The summed E-state index contributed by atoms with van der Waals surface area (Å²) in [5.74, 6) is 1.33. The van der Waals surface area contributed by atoms with Gasteiger partial charge >= 0.3 is 0 Å². The molecule has 0 saturated heterocycles. The van der Waals surface area contributed by atoms with Crippen molar-refractivity contribution in [2.75, 3.05) is 33.9 Å². The molecule has 0 aliphatic carbocycles. The number of hydrogen-bond acceptors (Lipinski definition) is 3. The Morgan fingerprint density at radius 3 is 2.80 bits per heavy atom. The monoisotopic (exact) mass is 295 g/mol. The van der Waals surface area contributed by atoms with Crippen LogP contribution in [0.4, 0.5) is 0 Å². The van der Waals surface area contributed by atoms with Gasteiger partial charge in [-0.1, -0.05) is 12.1 Å². The Kier molecular flexibility index (Phi) is 5.40. The summed E-state index contributed by atoms with van der Waals surface area (Å²) in [7, 11) is 4.09. The minimum atomic E-state index is 0.422. The SMILES string of the molecule is Cc1cccc2nc(CCl)n(CCOCCN(C)C)c12. The van der Waals surface area contributed by atoms with Gasteiger partial charge in [-0.15, -0.1) is 11.6 Å². The molecule has 2 aromatic rings. The van der Waals surface area contributed by atoms with E-state index in [2.05, 4.69) is 27.4 Å². The number of likely N-dealkylation sites (N-methyl/N-ethyl adjacent to an activating group) is 1. The van der Waals surface area contributed by atoms with Crippen LogP contribution in [0.3, 0.4) is 0 Å². The molecule has 1 aromatic heterocycles. The molecule has 0 fully saturated rings. The molecule has 0 atom stereocenters. The van der Waals surface area contributed by atoms with Gasteiger partial charge in [-0.05, 0) is 32.6 Å². The average molecular weight is 296 g/mol. The summed E-state index contributed by atoms with van der Waals surface area (Å²) in [5, 5.41) is 0. The highest BCUT2D eigenvalue weighted by Gasteiger charge is 2.11. The maximum absolute atomic E-state index is 6.01. The van der Waals surface area contributed by atoms with Gasteiger partial charge in [0.25, 0.3) is 0 Å². The largest absolute Gasteiger partial charge is 0.378 e. The molecule has 5 heteroatoms. The third-order valence-electron chi connectivity index (χ3n) is 3.31. The molecule has 1 heterocycles. The number of ether oxygens (including phenoxy) is 1. The normalized spacial score (nSPS) is 11.7. The molecule has 0 unspecified atom stereocenters.